The number of aromatic nitrogens is 3. The third-order valence-electron chi connectivity index (χ3n) is 3.07. The summed E-state index contributed by atoms with van der Waals surface area (Å²) in [7, 11) is 0. The molecule has 0 bridgehead atoms. The van der Waals surface area contributed by atoms with Crippen LogP contribution in [-0.2, 0) is 5.88 Å². The zero-order valence-corrected chi connectivity index (χ0v) is 10.5. The van der Waals surface area contributed by atoms with Crippen molar-refractivity contribution >= 4 is 11.6 Å². The minimum atomic E-state index is -1.50. The van der Waals surface area contributed by atoms with Gasteiger partial charge < -0.3 is 4.57 Å². The Kier molecular flexibility index (Phi) is 2.97. The zero-order valence-electron chi connectivity index (χ0n) is 9.71. The zero-order chi connectivity index (χ0) is 13.6. The lowest BCUT2D eigenvalue weighted by molar-refractivity contribution is 0.448. The molecular formula is C12H9ClF3N3. The fourth-order valence-corrected chi connectivity index (χ4v) is 2.20. The Hall–Kier alpha value is -1.56. The summed E-state index contributed by atoms with van der Waals surface area (Å²) in [6.07, 6.45) is 1.83. The van der Waals surface area contributed by atoms with E-state index >= 15 is 0 Å². The molecule has 0 N–H and O–H groups in total. The topological polar surface area (TPSA) is 30.7 Å². The number of hydrogen-bond acceptors (Lipinski definition) is 2. The van der Waals surface area contributed by atoms with Gasteiger partial charge in [-0.15, -0.1) is 21.8 Å². The van der Waals surface area contributed by atoms with Gasteiger partial charge >= 0.3 is 0 Å². The third-order valence-corrected chi connectivity index (χ3v) is 3.31. The predicted octanol–water partition coefficient (Wildman–Crippen LogP) is 3.44. The van der Waals surface area contributed by atoms with Gasteiger partial charge in [0.15, 0.2) is 23.3 Å². The first-order valence-electron chi connectivity index (χ1n) is 5.77. The second kappa shape index (κ2) is 4.52. The highest BCUT2D eigenvalue weighted by atomic mass is 35.5. The van der Waals surface area contributed by atoms with Crippen molar-refractivity contribution < 1.29 is 13.2 Å². The smallest absolute Gasteiger partial charge is 0.195 e. The van der Waals surface area contributed by atoms with Gasteiger partial charge in [-0.2, -0.15) is 0 Å². The molecule has 1 aromatic carbocycles. The van der Waals surface area contributed by atoms with Crippen LogP contribution in [0, 0.1) is 17.5 Å². The van der Waals surface area contributed by atoms with Crippen molar-refractivity contribution in [2.24, 2.45) is 0 Å². The molecule has 1 aromatic heterocycles. The normalized spacial score (nSPS) is 14.9. The Morgan fingerprint density at radius 2 is 1.89 bits per heavy atom. The molecule has 1 saturated carbocycles. The van der Waals surface area contributed by atoms with Crippen molar-refractivity contribution in [3.8, 4) is 11.4 Å². The summed E-state index contributed by atoms with van der Waals surface area (Å²) in [4.78, 5) is 0. The van der Waals surface area contributed by atoms with E-state index in [-0.39, 0.29) is 23.3 Å². The van der Waals surface area contributed by atoms with Crippen LogP contribution in [0.3, 0.4) is 0 Å². The second-order valence-corrected chi connectivity index (χ2v) is 4.66. The molecule has 100 valence electrons. The van der Waals surface area contributed by atoms with Gasteiger partial charge in [0, 0.05) is 6.04 Å². The number of hydrogen-bond donors (Lipinski definition) is 0. The van der Waals surface area contributed by atoms with Crippen LogP contribution in [0.1, 0.15) is 24.7 Å². The first-order chi connectivity index (χ1) is 9.13. The molecule has 7 heteroatoms. The SMILES string of the molecule is Fc1ccc(-c2nnc(CCl)n2C2CC2)c(F)c1F. The Morgan fingerprint density at radius 1 is 1.16 bits per heavy atom. The van der Waals surface area contributed by atoms with Gasteiger partial charge in [0.1, 0.15) is 5.82 Å². The van der Waals surface area contributed by atoms with Gasteiger partial charge in [-0.1, -0.05) is 0 Å². The van der Waals surface area contributed by atoms with Crippen LogP contribution in [-0.4, -0.2) is 14.8 Å². The van der Waals surface area contributed by atoms with E-state index in [4.69, 9.17) is 11.6 Å². The highest BCUT2D eigenvalue weighted by Gasteiger charge is 2.31. The van der Waals surface area contributed by atoms with E-state index in [0.29, 0.717) is 5.82 Å². The van der Waals surface area contributed by atoms with Gasteiger partial charge in [0.25, 0.3) is 0 Å². The van der Waals surface area contributed by atoms with Crippen LogP contribution >= 0.6 is 11.6 Å². The summed E-state index contributed by atoms with van der Waals surface area (Å²) in [6, 6.07) is 2.19. The Morgan fingerprint density at radius 3 is 2.53 bits per heavy atom. The molecule has 0 spiro atoms. The van der Waals surface area contributed by atoms with Crippen molar-refractivity contribution in [3.05, 3.63) is 35.4 Å². The van der Waals surface area contributed by atoms with Crippen molar-refractivity contribution in [2.45, 2.75) is 24.8 Å². The van der Waals surface area contributed by atoms with Gasteiger partial charge in [-0.05, 0) is 25.0 Å². The lowest BCUT2D eigenvalue weighted by atomic mass is 10.2. The average Bonchev–Trinajstić information content (AvgIpc) is 3.16. The van der Waals surface area contributed by atoms with E-state index < -0.39 is 17.5 Å². The Balaban J connectivity index is 2.17. The fraction of sp³-hybridized carbons (Fsp3) is 0.333. The molecule has 0 saturated heterocycles. The first kappa shape index (κ1) is 12.5. The molecule has 0 amide bonds. The van der Waals surface area contributed by atoms with Crippen molar-refractivity contribution in [1.82, 2.24) is 14.8 Å². The van der Waals surface area contributed by atoms with Crippen LogP contribution in [0.15, 0.2) is 12.1 Å². The summed E-state index contributed by atoms with van der Waals surface area (Å²) in [5, 5.41) is 7.71. The average molecular weight is 288 g/mol. The Bertz CT molecular complexity index is 637. The third kappa shape index (κ3) is 2.00. The molecule has 2 aromatic rings. The highest BCUT2D eigenvalue weighted by molar-refractivity contribution is 6.16. The number of alkyl halides is 1. The number of nitrogens with zero attached hydrogens (tertiary/aromatic N) is 3. The van der Waals surface area contributed by atoms with E-state index in [0.717, 1.165) is 25.0 Å². The molecule has 0 aliphatic heterocycles. The molecule has 1 aliphatic rings. The molecule has 19 heavy (non-hydrogen) atoms. The predicted molar refractivity (Wildman–Crippen MR) is 63.2 cm³/mol. The van der Waals surface area contributed by atoms with Gasteiger partial charge in [-0.25, -0.2) is 13.2 Å². The standard InChI is InChI=1S/C12H9ClF3N3/c13-5-9-17-18-12(19(9)6-1-2-6)7-3-4-8(14)11(16)10(7)15/h3-4,6H,1-2,5H2. The van der Waals surface area contributed by atoms with Crippen LogP contribution in [0.5, 0.6) is 0 Å². The quantitative estimate of drug-likeness (QED) is 0.639. The number of halogens is 4. The van der Waals surface area contributed by atoms with E-state index in [9.17, 15) is 13.2 Å². The minimum Gasteiger partial charge on any atom is -0.307 e. The first-order valence-corrected chi connectivity index (χ1v) is 6.30. The van der Waals surface area contributed by atoms with E-state index in [1.165, 1.54) is 0 Å². The highest BCUT2D eigenvalue weighted by Crippen LogP contribution is 2.39. The van der Waals surface area contributed by atoms with Crippen LogP contribution < -0.4 is 0 Å². The Labute approximate surface area is 112 Å². The lowest BCUT2D eigenvalue weighted by Crippen LogP contribution is -2.04. The van der Waals surface area contributed by atoms with Gasteiger partial charge in [-0.3, -0.25) is 0 Å². The summed E-state index contributed by atoms with van der Waals surface area (Å²) in [6.45, 7) is 0. The molecule has 0 unspecified atom stereocenters. The largest absolute Gasteiger partial charge is 0.307 e. The minimum absolute atomic E-state index is 0.102. The molecule has 0 atom stereocenters. The van der Waals surface area contributed by atoms with E-state index in [1.54, 1.807) is 4.57 Å². The molecule has 3 nitrogen and oxygen atoms in total. The maximum atomic E-state index is 13.8. The molecule has 0 radical (unpaired) electrons. The molecule has 1 fully saturated rings. The van der Waals surface area contributed by atoms with Crippen LogP contribution in [0.25, 0.3) is 11.4 Å². The van der Waals surface area contributed by atoms with Crippen LogP contribution in [0.4, 0.5) is 13.2 Å². The van der Waals surface area contributed by atoms with Gasteiger partial charge in [0.2, 0.25) is 0 Å². The lowest BCUT2D eigenvalue weighted by Gasteiger charge is -2.08. The van der Waals surface area contributed by atoms with Crippen molar-refractivity contribution in [1.29, 1.82) is 0 Å². The maximum Gasteiger partial charge on any atom is 0.195 e. The summed E-state index contributed by atoms with van der Waals surface area (Å²) in [5.41, 5.74) is -0.102. The summed E-state index contributed by atoms with van der Waals surface area (Å²) < 4.78 is 41.7. The van der Waals surface area contributed by atoms with E-state index in [1.807, 2.05) is 0 Å². The van der Waals surface area contributed by atoms with Crippen LogP contribution in [0.2, 0.25) is 0 Å². The van der Waals surface area contributed by atoms with Crippen molar-refractivity contribution in [2.75, 3.05) is 0 Å². The summed E-state index contributed by atoms with van der Waals surface area (Å²) in [5.74, 6) is -3.16. The second-order valence-electron chi connectivity index (χ2n) is 4.40. The maximum absolute atomic E-state index is 13.8. The molecule has 3 rings (SSSR count). The fourth-order valence-electron chi connectivity index (χ4n) is 2.01. The summed E-state index contributed by atoms with van der Waals surface area (Å²) >= 11 is 5.75. The number of benzene rings is 1. The monoisotopic (exact) mass is 287 g/mol. The molecule has 1 aliphatic carbocycles. The van der Waals surface area contributed by atoms with Crippen molar-refractivity contribution in [3.63, 3.8) is 0 Å². The number of rotatable bonds is 3. The molecular weight excluding hydrogens is 279 g/mol. The van der Waals surface area contributed by atoms with E-state index in [2.05, 4.69) is 10.2 Å². The van der Waals surface area contributed by atoms with Gasteiger partial charge in [0.05, 0.1) is 11.4 Å². The molecule has 1 heterocycles.